The third-order valence-electron chi connectivity index (χ3n) is 4.69. The summed E-state index contributed by atoms with van der Waals surface area (Å²) in [7, 11) is 0. The minimum atomic E-state index is -0.814. The quantitative estimate of drug-likeness (QED) is 0.736. The molecule has 0 bridgehead atoms. The Hall–Kier alpha value is -3.07. The van der Waals surface area contributed by atoms with Crippen LogP contribution in [0.4, 0.5) is 5.82 Å². The molecule has 0 saturated carbocycles. The van der Waals surface area contributed by atoms with Crippen LogP contribution in [0.25, 0.3) is 0 Å². The molecule has 1 saturated heterocycles. The summed E-state index contributed by atoms with van der Waals surface area (Å²) >= 11 is 0. The molecule has 3 heterocycles. The summed E-state index contributed by atoms with van der Waals surface area (Å²) in [5, 5.41) is 13.4. The lowest BCUT2D eigenvalue weighted by atomic mass is 10.1. The SMILES string of the molecule is Cc1cc(NC(=O)C2Oc3ccccc3OC2C)n(C2NC(=O)CC(C)N2)n1. The predicted molar refractivity (Wildman–Crippen MR) is 101 cm³/mol. The summed E-state index contributed by atoms with van der Waals surface area (Å²) in [6.07, 6.45) is -1.42. The summed E-state index contributed by atoms with van der Waals surface area (Å²) in [6, 6.07) is 8.98. The highest BCUT2D eigenvalue weighted by Crippen LogP contribution is 2.33. The van der Waals surface area contributed by atoms with E-state index in [0.717, 1.165) is 0 Å². The number of benzene rings is 1. The summed E-state index contributed by atoms with van der Waals surface area (Å²) in [5.41, 5.74) is 0.712. The van der Waals surface area contributed by atoms with E-state index in [2.05, 4.69) is 21.0 Å². The molecule has 0 radical (unpaired) electrons. The maximum absolute atomic E-state index is 12.9. The second-order valence-electron chi connectivity index (χ2n) is 7.15. The van der Waals surface area contributed by atoms with E-state index < -0.39 is 18.5 Å². The predicted octanol–water partition coefficient (Wildman–Crippen LogP) is 1.31. The Bertz CT molecular complexity index is 911. The fourth-order valence-electron chi connectivity index (χ4n) is 3.40. The van der Waals surface area contributed by atoms with Gasteiger partial charge in [0.05, 0.1) is 5.69 Å². The molecular formula is C19H23N5O4. The van der Waals surface area contributed by atoms with Gasteiger partial charge in [0.2, 0.25) is 12.0 Å². The molecule has 2 aliphatic rings. The van der Waals surface area contributed by atoms with E-state index in [1.807, 2.05) is 26.0 Å². The normalized spacial score (nSPS) is 26.5. The largest absolute Gasteiger partial charge is 0.482 e. The molecule has 3 N–H and O–H groups in total. The van der Waals surface area contributed by atoms with Gasteiger partial charge >= 0.3 is 0 Å². The molecule has 148 valence electrons. The molecule has 1 aromatic carbocycles. The number of hydrogen-bond donors (Lipinski definition) is 3. The van der Waals surface area contributed by atoms with Crippen LogP contribution in [0.1, 0.15) is 32.3 Å². The van der Waals surface area contributed by atoms with Gasteiger partial charge in [0.25, 0.3) is 5.91 Å². The minimum absolute atomic E-state index is 0.00147. The Morgan fingerprint density at radius 3 is 2.68 bits per heavy atom. The van der Waals surface area contributed by atoms with Crippen molar-refractivity contribution in [1.29, 1.82) is 0 Å². The van der Waals surface area contributed by atoms with Crippen LogP contribution in [-0.2, 0) is 9.59 Å². The maximum Gasteiger partial charge on any atom is 0.270 e. The monoisotopic (exact) mass is 385 g/mol. The molecule has 9 nitrogen and oxygen atoms in total. The third kappa shape index (κ3) is 3.53. The molecule has 1 fully saturated rings. The van der Waals surface area contributed by atoms with E-state index in [0.29, 0.717) is 29.4 Å². The van der Waals surface area contributed by atoms with Gasteiger partial charge in [-0.2, -0.15) is 5.10 Å². The number of carbonyl (C=O) groups is 2. The third-order valence-corrected chi connectivity index (χ3v) is 4.69. The van der Waals surface area contributed by atoms with Crippen molar-refractivity contribution in [2.75, 3.05) is 5.32 Å². The number of hydrogen-bond acceptors (Lipinski definition) is 6. The number of carbonyl (C=O) groups excluding carboxylic acids is 2. The standard InChI is InChI=1S/C19H23N5O4/c1-10-9-16(25)22-19(20-10)24-15(8-11(2)23-24)21-18(26)17-12(3)27-13-6-4-5-7-14(13)28-17/h4-8,10,12,17,19-20H,9H2,1-3H3,(H,21,26)(H,22,25). The van der Waals surface area contributed by atoms with Gasteiger partial charge in [-0.25, -0.2) is 4.68 Å². The smallest absolute Gasteiger partial charge is 0.270 e. The van der Waals surface area contributed by atoms with Crippen molar-refractivity contribution in [3.63, 3.8) is 0 Å². The Morgan fingerprint density at radius 1 is 1.25 bits per heavy atom. The number of aromatic nitrogens is 2. The zero-order chi connectivity index (χ0) is 19.8. The summed E-state index contributed by atoms with van der Waals surface area (Å²) in [6.45, 7) is 5.53. The van der Waals surface area contributed by atoms with E-state index in [-0.39, 0.29) is 17.9 Å². The lowest BCUT2D eigenvalue weighted by Gasteiger charge is -2.32. The summed E-state index contributed by atoms with van der Waals surface area (Å²) in [5.74, 6) is 1.18. The first-order valence-corrected chi connectivity index (χ1v) is 9.25. The molecular weight excluding hydrogens is 362 g/mol. The van der Waals surface area contributed by atoms with Crippen LogP contribution in [0.2, 0.25) is 0 Å². The van der Waals surface area contributed by atoms with Crippen molar-refractivity contribution in [2.45, 2.75) is 51.7 Å². The molecule has 0 aliphatic carbocycles. The lowest BCUT2D eigenvalue weighted by molar-refractivity contribution is -0.128. The van der Waals surface area contributed by atoms with Crippen LogP contribution in [0.5, 0.6) is 11.5 Å². The van der Waals surface area contributed by atoms with Crippen molar-refractivity contribution >= 4 is 17.6 Å². The van der Waals surface area contributed by atoms with Crippen LogP contribution in [0.3, 0.4) is 0 Å². The molecule has 4 atom stereocenters. The molecule has 4 unspecified atom stereocenters. The van der Waals surface area contributed by atoms with E-state index in [1.165, 1.54) is 0 Å². The highest BCUT2D eigenvalue weighted by Gasteiger charge is 2.35. The van der Waals surface area contributed by atoms with Crippen molar-refractivity contribution in [3.8, 4) is 11.5 Å². The van der Waals surface area contributed by atoms with Crippen molar-refractivity contribution in [3.05, 3.63) is 36.0 Å². The molecule has 0 spiro atoms. The van der Waals surface area contributed by atoms with Gasteiger partial charge in [-0.15, -0.1) is 0 Å². The number of aryl methyl sites for hydroxylation is 1. The van der Waals surface area contributed by atoms with Crippen molar-refractivity contribution in [2.24, 2.45) is 0 Å². The average molecular weight is 385 g/mol. The van der Waals surface area contributed by atoms with Crippen LogP contribution in [0, 0.1) is 6.92 Å². The van der Waals surface area contributed by atoms with Crippen LogP contribution in [-0.4, -0.2) is 39.8 Å². The van der Waals surface area contributed by atoms with Gasteiger partial charge in [-0.1, -0.05) is 12.1 Å². The molecule has 28 heavy (non-hydrogen) atoms. The van der Waals surface area contributed by atoms with Gasteiger partial charge in [0.1, 0.15) is 11.9 Å². The zero-order valence-electron chi connectivity index (χ0n) is 15.9. The summed E-state index contributed by atoms with van der Waals surface area (Å²) in [4.78, 5) is 24.8. The van der Waals surface area contributed by atoms with E-state index in [1.54, 1.807) is 29.8 Å². The van der Waals surface area contributed by atoms with E-state index >= 15 is 0 Å². The highest BCUT2D eigenvalue weighted by molar-refractivity contribution is 5.94. The fourth-order valence-corrected chi connectivity index (χ4v) is 3.40. The summed E-state index contributed by atoms with van der Waals surface area (Å²) < 4.78 is 13.2. The Balaban J connectivity index is 1.53. The van der Waals surface area contributed by atoms with Gasteiger partial charge in [-0.05, 0) is 32.9 Å². The number of rotatable bonds is 3. The van der Waals surface area contributed by atoms with E-state index in [4.69, 9.17) is 9.47 Å². The van der Waals surface area contributed by atoms with Crippen LogP contribution >= 0.6 is 0 Å². The average Bonchev–Trinajstić information content (AvgIpc) is 3.00. The Kier molecular flexibility index (Phi) is 4.68. The number of anilines is 1. The lowest BCUT2D eigenvalue weighted by Crippen LogP contribution is -2.53. The minimum Gasteiger partial charge on any atom is -0.482 e. The molecule has 2 aliphatic heterocycles. The molecule has 9 heteroatoms. The number of nitrogens with zero attached hydrogens (tertiary/aromatic N) is 2. The highest BCUT2D eigenvalue weighted by atomic mass is 16.6. The van der Waals surface area contributed by atoms with Crippen molar-refractivity contribution < 1.29 is 19.1 Å². The molecule has 4 rings (SSSR count). The number of nitrogens with one attached hydrogen (secondary N) is 3. The second kappa shape index (κ2) is 7.16. The number of amides is 2. The maximum atomic E-state index is 12.9. The number of ether oxygens (including phenoxy) is 2. The van der Waals surface area contributed by atoms with Crippen molar-refractivity contribution in [1.82, 2.24) is 20.4 Å². The van der Waals surface area contributed by atoms with Gasteiger partial charge < -0.3 is 20.1 Å². The second-order valence-corrected chi connectivity index (χ2v) is 7.15. The Labute approximate surface area is 162 Å². The Morgan fingerprint density at radius 2 is 1.96 bits per heavy atom. The molecule has 2 aromatic rings. The zero-order valence-corrected chi connectivity index (χ0v) is 15.9. The molecule has 2 amide bonds. The van der Waals surface area contributed by atoms with Gasteiger partial charge in [0.15, 0.2) is 17.8 Å². The number of para-hydroxylation sites is 2. The molecule has 1 aromatic heterocycles. The number of fused-ring (bicyclic) bond motifs is 1. The van der Waals surface area contributed by atoms with Crippen LogP contribution in [0.15, 0.2) is 30.3 Å². The van der Waals surface area contributed by atoms with Gasteiger partial charge in [-0.3, -0.25) is 14.9 Å². The topological polar surface area (TPSA) is 107 Å². The first kappa shape index (κ1) is 18.3. The van der Waals surface area contributed by atoms with Crippen LogP contribution < -0.4 is 25.4 Å². The van der Waals surface area contributed by atoms with Gasteiger partial charge in [0, 0.05) is 18.5 Å². The first-order valence-electron chi connectivity index (χ1n) is 9.25. The fraction of sp³-hybridized carbons (Fsp3) is 0.421. The van der Waals surface area contributed by atoms with E-state index in [9.17, 15) is 9.59 Å². The first-order chi connectivity index (χ1) is 13.4.